The Kier molecular flexibility index (Phi) is 4.43. The molecule has 0 bridgehead atoms. The molecule has 126 valence electrons. The minimum atomic E-state index is -1.03. The Balaban J connectivity index is 2.15. The predicted molar refractivity (Wildman–Crippen MR) is 92.5 cm³/mol. The van der Waals surface area contributed by atoms with E-state index in [9.17, 15) is 13.6 Å². The molecule has 2 aromatic carbocycles. The molecule has 1 aromatic heterocycles. The van der Waals surface area contributed by atoms with Crippen molar-refractivity contribution in [1.29, 1.82) is 0 Å². The van der Waals surface area contributed by atoms with Gasteiger partial charge < -0.3 is 5.73 Å². The van der Waals surface area contributed by atoms with E-state index in [4.69, 9.17) is 5.73 Å². The van der Waals surface area contributed by atoms with Gasteiger partial charge in [-0.15, -0.1) is 0 Å². The summed E-state index contributed by atoms with van der Waals surface area (Å²) in [6.07, 6.45) is 0. The first-order chi connectivity index (χ1) is 12.0. The maximum atomic E-state index is 14.1. The maximum absolute atomic E-state index is 14.1. The van der Waals surface area contributed by atoms with Gasteiger partial charge in [-0.3, -0.25) is 0 Å². The summed E-state index contributed by atoms with van der Waals surface area (Å²) in [5.74, 6) is -1.76. The fourth-order valence-corrected chi connectivity index (χ4v) is 2.60. The lowest BCUT2D eigenvalue weighted by Gasteiger charge is -2.21. The fraction of sp³-hybridized carbons (Fsp3) is 0.0526. The van der Waals surface area contributed by atoms with E-state index in [0.717, 1.165) is 28.2 Å². The summed E-state index contributed by atoms with van der Waals surface area (Å²) in [6, 6.07) is 14.7. The number of amides is 2. The molecule has 6 heteroatoms. The summed E-state index contributed by atoms with van der Waals surface area (Å²) in [5, 5.41) is 0. The molecule has 3 rings (SSSR count). The number of rotatable bonds is 3. The molecule has 0 unspecified atom stereocenters. The smallest absolute Gasteiger partial charge is 0.325 e. The number of halogens is 2. The molecule has 25 heavy (non-hydrogen) atoms. The van der Waals surface area contributed by atoms with Gasteiger partial charge in [0.2, 0.25) is 0 Å². The van der Waals surface area contributed by atoms with E-state index in [2.05, 4.69) is 4.98 Å². The Morgan fingerprint density at radius 1 is 0.960 bits per heavy atom. The Morgan fingerprint density at radius 2 is 1.60 bits per heavy atom. The van der Waals surface area contributed by atoms with Gasteiger partial charge in [-0.2, -0.15) is 0 Å². The number of para-hydroxylation sites is 1. The van der Waals surface area contributed by atoms with Gasteiger partial charge in [-0.25, -0.2) is 23.5 Å². The van der Waals surface area contributed by atoms with Crippen LogP contribution in [0, 0.1) is 18.6 Å². The van der Waals surface area contributed by atoms with E-state index < -0.39 is 23.4 Å². The molecule has 0 saturated carbocycles. The molecule has 2 N–H and O–H groups in total. The summed E-state index contributed by atoms with van der Waals surface area (Å²) >= 11 is 0. The number of carbonyl (C=O) groups is 1. The quantitative estimate of drug-likeness (QED) is 0.761. The van der Waals surface area contributed by atoms with Crippen molar-refractivity contribution < 1.29 is 13.6 Å². The highest BCUT2D eigenvalue weighted by atomic mass is 19.1. The molecule has 0 aliphatic carbocycles. The van der Waals surface area contributed by atoms with Crippen molar-refractivity contribution in [3.63, 3.8) is 0 Å². The van der Waals surface area contributed by atoms with E-state index >= 15 is 0 Å². The molecule has 0 fully saturated rings. The lowest BCUT2D eigenvalue weighted by Crippen LogP contribution is -2.33. The highest BCUT2D eigenvalue weighted by molar-refractivity contribution is 5.98. The molecular formula is C19H15F2N3O. The van der Waals surface area contributed by atoms with Crippen molar-refractivity contribution in [2.45, 2.75) is 6.92 Å². The number of carbonyl (C=O) groups excluding carboxylic acids is 1. The lowest BCUT2D eigenvalue weighted by atomic mass is 10.1. The highest BCUT2D eigenvalue weighted by Gasteiger charge is 2.24. The number of primary amides is 1. The molecule has 0 atom stereocenters. The minimum Gasteiger partial charge on any atom is -0.351 e. The molecular weight excluding hydrogens is 324 g/mol. The zero-order chi connectivity index (χ0) is 18.0. The topological polar surface area (TPSA) is 59.2 Å². The van der Waals surface area contributed by atoms with Crippen LogP contribution in [0.2, 0.25) is 0 Å². The summed E-state index contributed by atoms with van der Waals surface area (Å²) in [5.41, 5.74) is 7.22. The number of urea groups is 1. The van der Waals surface area contributed by atoms with Crippen LogP contribution in [0.4, 0.5) is 25.1 Å². The minimum absolute atomic E-state index is 0.0391. The largest absolute Gasteiger partial charge is 0.351 e. The standard InChI is InChI=1S/C19H15F2N3O/c1-12-6-2-3-7-13(12)16-10-5-11-17(23-16)24(19(22)25)18-14(20)8-4-9-15(18)21/h2-11H,1H3,(H2,22,25). The molecule has 0 saturated heterocycles. The van der Waals surface area contributed by atoms with Crippen molar-refractivity contribution in [1.82, 2.24) is 4.98 Å². The van der Waals surface area contributed by atoms with Crippen LogP contribution in [-0.2, 0) is 0 Å². The van der Waals surface area contributed by atoms with E-state index in [-0.39, 0.29) is 5.82 Å². The van der Waals surface area contributed by atoms with Crippen LogP contribution >= 0.6 is 0 Å². The number of nitrogens with two attached hydrogens (primary N) is 1. The van der Waals surface area contributed by atoms with Crippen molar-refractivity contribution >= 4 is 17.5 Å². The summed E-state index contributed by atoms with van der Waals surface area (Å²) in [4.78, 5) is 17.0. The lowest BCUT2D eigenvalue weighted by molar-refractivity contribution is 0.255. The first-order valence-corrected chi connectivity index (χ1v) is 7.55. The second-order valence-electron chi connectivity index (χ2n) is 5.44. The monoisotopic (exact) mass is 339 g/mol. The molecule has 4 nitrogen and oxygen atoms in total. The number of pyridine rings is 1. The van der Waals surface area contributed by atoms with Gasteiger partial charge in [-0.05, 0) is 36.8 Å². The van der Waals surface area contributed by atoms with Gasteiger partial charge >= 0.3 is 6.03 Å². The van der Waals surface area contributed by atoms with Gasteiger partial charge in [0.15, 0.2) is 0 Å². The van der Waals surface area contributed by atoms with Crippen LogP contribution in [0.1, 0.15) is 5.56 Å². The summed E-state index contributed by atoms with van der Waals surface area (Å²) in [7, 11) is 0. The Hall–Kier alpha value is -3.28. The van der Waals surface area contributed by atoms with Crippen molar-refractivity contribution in [2.75, 3.05) is 4.90 Å². The number of benzene rings is 2. The van der Waals surface area contributed by atoms with E-state index in [1.165, 1.54) is 12.1 Å². The Bertz CT molecular complexity index is 923. The van der Waals surface area contributed by atoms with Gasteiger partial charge in [0.25, 0.3) is 0 Å². The van der Waals surface area contributed by atoms with Crippen LogP contribution < -0.4 is 10.6 Å². The maximum Gasteiger partial charge on any atom is 0.325 e. The van der Waals surface area contributed by atoms with Crippen LogP contribution in [0.3, 0.4) is 0 Å². The van der Waals surface area contributed by atoms with Gasteiger partial charge in [0, 0.05) is 5.56 Å². The number of hydrogen-bond acceptors (Lipinski definition) is 2. The molecule has 3 aromatic rings. The second kappa shape index (κ2) is 6.68. The van der Waals surface area contributed by atoms with E-state index in [1.54, 1.807) is 12.1 Å². The van der Waals surface area contributed by atoms with Gasteiger partial charge in [0.05, 0.1) is 5.69 Å². The van der Waals surface area contributed by atoms with Crippen molar-refractivity contribution in [3.05, 3.63) is 77.9 Å². The van der Waals surface area contributed by atoms with Crippen molar-refractivity contribution in [3.8, 4) is 11.3 Å². The Labute approximate surface area is 143 Å². The molecule has 1 heterocycles. The molecule has 2 amide bonds. The van der Waals surface area contributed by atoms with Crippen LogP contribution in [0.15, 0.2) is 60.7 Å². The third kappa shape index (κ3) is 3.19. The van der Waals surface area contributed by atoms with Gasteiger partial charge in [0.1, 0.15) is 23.1 Å². The predicted octanol–water partition coefficient (Wildman–Crippen LogP) is 4.55. The highest BCUT2D eigenvalue weighted by Crippen LogP contribution is 2.31. The van der Waals surface area contributed by atoms with Crippen LogP contribution in [-0.4, -0.2) is 11.0 Å². The van der Waals surface area contributed by atoms with Crippen molar-refractivity contribution in [2.24, 2.45) is 5.73 Å². The van der Waals surface area contributed by atoms with Crippen LogP contribution in [0.5, 0.6) is 0 Å². The van der Waals surface area contributed by atoms with Crippen LogP contribution in [0.25, 0.3) is 11.3 Å². The number of anilines is 2. The second-order valence-corrected chi connectivity index (χ2v) is 5.44. The third-order valence-corrected chi connectivity index (χ3v) is 3.77. The zero-order valence-electron chi connectivity index (χ0n) is 13.4. The van der Waals surface area contributed by atoms with E-state index in [0.29, 0.717) is 5.69 Å². The summed E-state index contributed by atoms with van der Waals surface area (Å²) < 4.78 is 28.2. The molecule has 0 spiro atoms. The summed E-state index contributed by atoms with van der Waals surface area (Å²) in [6.45, 7) is 1.92. The Morgan fingerprint density at radius 3 is 2.24 bits per heavy atom. The number of nitrogens with zero attached hydrogens (tertiary/aromatic N) is 2. The average Bonchev–Trinajstić information content (AvgIpc) is 2.58. The van der Waals surface area contributed by atoms with Gasteiger partial charge in [-0.1, -0.05) is 36.4 Å². The molecule has 0 aliphatic rings. The average molecular weight is 339 g/mol. The fourth-order valence-electron chi connectivity index (χ4n) is 2.60. The zero-order valence-corrected chi connectivity index (χ0v) is 13.4. The normalized spacial score (nSPS) is 10.5. The first-order valence-electron chi connectivity index (χ1n) is 7.55. The molecule has 0 aliphatic heterocycles. The first kappa shape index (κ1) is 16.6. The third-order valence-electron chi connectivity index (χ3n) is 3.77. The van der Waals surface area contributed by atoms with E-state index in [1.807, 2.05) is 31.2 Å². The SMILES string of the molecule is Cc1ccccc1-c1cccc(N(C(N)=O)c2c(F)cccc2F)n1. The number of hydrogen-bond donors (Lipinski definition) is 1. The molecule has 0 radical (unpaired) electrons. The number of aryl methyl sites for hydroxylation is 1. The number of aromatic nitrogens is 1.